The van der Waals surface area contributed by atoms with Gasteiger partial charge in [0.05, 0.1) is 6.42 Å². The van der Waals surface area contributed by atoms with Crippen molar-refractivity contribution in [1.29, 1.82) is 0 Å². The van der Waals surface area contributed by atoms with E-state index in [-0.39, 0.29) is 23.7 Å². The van der Waals surface area contributed by atoms with Gasteiger partial charge < -0.3 is 5.32 Å². The fourth-order valence-corrected chi connectivity index (χ4v) is 4.83. The minimum Gasteiger partial charge on any atom is -0.350 e. The number of ketones is 1. The summed E-state index contributed by atoms with van der Waals surface area (Å²) in [7, 11) is 0. The summed E-state index contributed by atoms with van der Waals surface area (Å²) in [6, 6.07) is 0. The van der Waals surface area contributed by atoms with Crippen LogP contribution in [-0.4, -0.2) is 17.2 Å². The third-order valence-corrected chi connectivity index (χ3v) is 4.85. The predicted octanol–water partition coefficient (Wildman–Crippen LogP) is 2.05. The number of nitrogens with one attached hydrogen (secondary N) is 1. The maximum Gasteiger partial charge on any atom is 0.227 e. The predicted molar refractivity (Wildman–Crippen MR) is 64.3 cm³/mol. The van der Waals surface area contributed by atoms with E-state index in [1.807, 2.05) is 0 Å². The lowest BCUT2D eigenvalue weighted by atomic mass is 9.53. The van der Waals surface area contributed by atoms with E-state index in [9.17, 15) is 9.59 Å². The molecule has 0 saturated heterocycles. The van der Waals surface area contributed by atoms with Gasteiger partial charge in [0.2, 0.25) is 5.91 Å². The zero-order valence-corrected chi connectivity index (χ0v) is 10.5. The van der Waals surface area contributed by atoms with Gasteiger partial charge in [0, 0.05) is 5.54 Å². The molecule has 94 valence electrons. The highest BCUT2D eigenvalue weighted by Gasteiger charge is 2.51. The first-order chi connectivity index (χ1) is 8.05. The SMILES string of the molecule is CC(=O)CC(=O)NC12CC3CC(CC(C3)C1)C2. The minimum absolute atomic E-state index is 0.0350. The summed E-state index contributed by atoms with van der Waals surface area (Å²) in [6.45, 7) is 1.49. The Kier molecular flexibility index (Phi) is 2.53. The van der Waals surface area contributed by atoms with Crippen molar-refractivity contribution in [2.75, 3.05) is 0 Å². The first-order valence-electron chi connectivity index (χ1n) is 6.85. The number of Topliss-reactive ketones (excluding diaryl/α,β-unsaturated/α-hetero) is 1. The van der Waals surface area contributed by atoms with Crippen LogP contribution < -0.4 is 5.32 Å². The summed E-state index contributed by atoms with van der Waals surface area (Å²) in [5, 5.41) is 3.20. The molecule has 0 atom stereocenters. The zero-order valence-electron chi connectivity index (χ0n) is 10.5. The molecule has 0 unspecified atom stereocenters. The highest BCUT2D eigenvalue weighted by Crippen LogP contribution is 2.55. The standard InChI is InChI=1S/C14H21NO2/c1-9(16)2-13(17)15-14-6-10-3-11(7-14)5-12(4-10)8-14/h10-12H,2-8H2,1H3,(H,15,17). The number of hydrogen-bond acceptors (Lipinski definition) is 2. The van der Waals surface area contributed by atoms with Crippen LogP contribution in [0.15, 0.2) is 0 Å². The smallest absolute Gasteiger partial charge is 0.227 e. The van der Waals surface area contributed by atoms with E-state index in [0.29, 0.717) is 0 Å². The van der Waals surface area contributed by atoms with E-state index < -0.39 is 0 Å². The summed E-state index contributed by atoms with van der Waals surface area (Å²) in [5.74, 6) is 2.41. The Hall–Kier alpha value is -0.860. The largest absolute Gasteiger partial charge is 0.350 e. The molecular weight excluding hydrogens is 214 g/mol. The molecule has 3 heteroatoms. The van der Waals surface area contributed by atoms with Crippen molar-refractivity contribution in [2.24, 2.45) is 17.8 Å². The van der Waals surface area contributed by atoms with E-state index in [0.717, 1.165) is 37.0 Å². The molecule has 0 heterocycles. The fraction of sp³-hybridized carbons (Fsp3) is 0.857. The number of rotatable bonds is 3. The van der Waals surface area contributed by atoms with Crippen LogP contribution in [0.3, 0.4) is 0 Å². The van der Waals surface area contributed by atoms with E-state index >= 15 is 0 Å². The molecule has 1 amide bonds. The summed E-state index contributed by atoms with van der Waals surface area (Å²) in [5.41, 5.74) is 0.0568. The summed E-state index contributed by atoms with van der Waals surface area (Å²) in [4.78, 5) is 22.8. The lowest BCUT2D eigenvalue weighted by Crippen LogP contribution is -2.60. The molecule has 4 aliphatic rings. The minimum atomic E-state index is -0.0561. The van der Waals surface area contributed by atoms with Crippen LogP contribution in [0.1, 0.15) is 51.9 Å². The molecule has 4 bridgehead atoms. The number of amides is 1. The normalized spacial score (nSPS) is 42.5. The molecule has 0 aliphatic heterocycles. The van der Waals surface area contributed by atoms with Gasteiger partial charge in [-0.2, -0.15) is 0 Å². The monoisotopic (exact) mass is 235 g/mol. The Bertz CT molecular complexity index is 326. The van der Waals surface area contributed by atoms with Gasteiger partial charge in [-0.3, -0.25) is 9.59 Å². The highest BCUT2D eigenvalue weighted by atomic mass is 16.2. The average molecular weight is 235 g/mol. The lowest BCUT2D eigenvalue weighted by Gasteiger charge is -2.56. The Labute approximate surface area is 102 Å². The van der Waals surface area contributed by atoms with Crippen molar-refractivity contribution in [3.05, 3.63) is 0 Å². The molecule has 0 spiro atoms. The molecule has 4 rings (SSSR count). The van der Waals surface area contributed by atoms with Crippen molar-refractivity contribution in [1.82, 2.24) is 5.32 Å². The molecule has 0 aromatic carbocycles. The molecule has 0 aromatic rings. The molecule has 0 radical (unpaired) electrons. The third-order valence-electron chi connectivity index (χ3n) is 4.85. The maximum atomic E-state index is 11.8. The van der Waals surface area contributed by atoms with E-state index in [1.54, 1.807) is 0 Å². The van der Waals surface area contributed by atoms with E-state index in [1.165, 1.54) is 26.2 Å². The topological polar surface area (TPSA) is 46.2 Å². The Morgan fingerprint density at radius 3 is 1.94 bits per heavy atom. The molecular formula is C14H21NO2. The number of carbonyl (C=O) groups is 2. The van der Waals surface area contributed by atoms with Gasteiger partial charge in [0.25, 0.3) is 0 Å². The first-order valence-corrected chi connectivity index (χ1v) is 6.85. The first kappa shape index (κ1) is 11.2. The fourth-order valence-electron chi connectivity index (χ4n) is 4.83. The summed E-state index contributed by atoms with van der Waals surface area (Å²) >= 11 is 0. The molecule has 1 N–H and O–H groups in total. The molecule has 0 aromatic heterocycles. The Balaban J connectivity index is 1.70. The molecule has 17 heavy (non-hydrogen) atoms. The molecule has 3 nitrogen and oxygen atoms in total. The van der Waals surface area contributed by atoms with Crippen LogP contribution in [0.4, 0.5) is 0 Å². The lowest BCUT2D eigenvalue weighted by molar-refractivity contribution is -0.131. The molecule has 4 aliphatic carbocycles. The van der Waals surface area contributed by atoms with Gasteiger partial charge in [0.1, 0.15) is 5.78 Å². The average Bonchev–Trinajstić information content (AvgIpc) is 2.11. The summed E-state index contributed by atoms with van der Waals surface area (Å²) in [6.07, 6.45) is 7.65. The van der Waals surface area contributed by atoms with Crippen LogP contribution >= 0.6 is 0 Å². The van der Waals surface area contributed by atoms with Gasteiger partial charge in [0.15, 0.2) is 0 Å². The number of hydrogen-bond donors (Lipinski definition) is 1. The van der Waals surface area contributed by atoms with Gasteiger partial charge in [-0.15, -0.1) is 0 Å². The second-order valence-electron chi connectivity index (χ2n) is 6.62. The van der Waals surface area contributed by atoms with Gasteiger partial charge in [-0.05, 0) is 63.2 Å². The van der Waals surface area contributed by atoms with Crippen molar-refractivity contribution in [3.63, 3.8) is 0 Å². The molecule has 4 fully saturated rings. The van der Waals surface area contributed by atoms with Crippen LogP contribution in [0.2, 0.25) is 0 Å². The second-order valence-corrected chi connectivity index (χ2v) is 6.62. The highest BCUT2D eigenvalue weighted by molar-refractivity contribution is 5.97. The van der Waals surface area contributed by atoms with Crippen molar-refractivity contribution < 1.29 is 9.59 Å². The quantitative estimate of drug-likeness (QED) is 0.761. The van der Waals surface area contributed by atoms with Crippen LogP contribution in [-0.2, 0) is 9.59 Å². The molecule has 4 saturated carbocycles. The van der Waals surface area contributed by atoms with Crippen LogP contribution in [0.25, 0.3) is 0 Å². The van der Waals surface area contributed by atoms with E-state index in [4.69, 9.17) is 0 Å². The number of carbonyl (C=O) groups excluding carboxylic acids is 2. The van der Waals surface area contributed by atoms with Crippen LogP contribution in [0, 0.1) is 17.8 Å². The summed E-state index contributed by atoms with van der Waals surface area (Å²) < 4.78 is 0. The van der Waals surface area contributed by atoms with Crippen molar-refractivity contribution in [2.45, 2.75) is 57.4 Å². The second kappa shape index (κ2) is 3.82. The Morgan fingerprint density at radius 1 is 1.06 bits per heavy atom. The van der Waals surface area contributed by atoms with Crippen LogP contribution in [0.5, 0.6) is 0 Å². The Morgan fingerprint density at radius 2 is 1.53 bits per heavy atom. The third kappa shape index (κ3) is 2.12. The zero-order chi connectivity index (χ0) is 12.0. The van der Waals surface area contributed by atoms with Gasteiger partial charge in [-0.1, -0.05) is 0 Å². The van der Waals surface area contributed by atoms with Gasteiger partial charge in [-0.25, -0.2) is 0 Å². The van der Waals surface area contributed by atoms with Crippen molar-refractivity contribution in [3.8, 4) is 0 Å². The van der Waals surface area contributed by atoms with Gasteiger partial charge >= 0.3 is 0 Å². The van der Waals surface area contributed by atoms with Crippen molar-refractivity contribution >= 4 is 11.7 Å². The maximum absolute atomic E-state index is 11.8. The van der Waals surface area contributed by atoms with E-state index in [2.05, 4.69) is 5.32 Å².